The van der Waals surface area contributed by atoms with Crippen LogP contribution in [0.1, 0.15) is 105 Å². The standard InChI is InChI=1S/C28H43O2PS2/c1-25(2,3)19-13-17(14-20(23(19)29)26(4,5)6)31(32,33)18-15-21(27(7,8)9)24(30)22(16-18)28(10,11)12/h13-16,29-30H,1-12H3,(H,32,33). The van der Waals surface area contributed by atoms with Gasteiger partial charge in [-0.1, -0.05) is 94.9 Å². The summed E-state index contributed by atoms with van der Waals surface area (Å²) >= 11 is 11.5. The first kappa shape index (κ1) is 28.3. The molecule has 2 N–H and O–H groups in total. The molecule has 0 saturated heterocycles. The van der Waals surface area contributed by atoms with Gasteiger partial charge in [0.05, 0.1) is 5.24 Å². The van der Waals surface area contributed by atoms with Gasteiger partial charge in [0.25, 0.3) is 0 Å². The van der Waals surface area contributed by atoms with Gasteiger partial charge in [-0.25, -0.2) is 0 Å². The third-order valence-corrected chi connectivity index (χ3v) is 10.7. The summed E-state index contributed by atoms with van der Waals surface area (Å²) in [6.45, 7) is 25.3. The molecule has 2 aromatic carbocycles. The molecule has 0 radical (unpaired) electrons. The number of phenols is 2. The second-order valence-corrected chi connectivity index (χ2v) is 19.8. The van der Waals surface area contributed by atoms with Crippen molar-refractivity contribution in [3.8, 4) is 11.5 Å². The van der Waals surface area contributed by atoms with E-state index in [2.05, 4.69) is 107 Å². The maximum absolute atomic E-state index is 11.2. The van der Waals surface area contributed by atoms with Crippen molar-refractivity contribution in [2.24, 2.45) is 0 Å². The average Bonchev–Trinajstić information content (AvgIpc) is 2.57. The summed E-state index contributed by atoms with van der Waals surface area (Å²) in [5.41, 5.74) is 2.57. The molecule has 0 unspecified atom stereocenters. The minimum atomic E-state index is -2.52. The van der Waals surface area contributed by atoms with Gasteiger partial charge >= 0.3 is 0 Å². The number of thiol groups is 1. The Morgan fingerprint density at radius 1 is 0.545 bits per heavy atom. The van der Waals surface area contributed by atoms with Crippen LogP contribution in [0.4, 0.5) is 0 Å². The lowest BCUT2D eigenvalue weighted by Gasteiger charge is -2.32. The second kappa shape index (κ2) is 8.61. The van der Waals surface area contributed by atoms with Crippen molar-refractivity contribution in [3.63, 3.8) is 0 Å². The minimum absolute atomic E-state index is 0.245. The monoisotopic (exact) mass is 506 g/mol. The van der Waals surface area contributed by atoms with Crippen LogP contribution >= 0.6 is 17.5 Å². The Labute approximate surface area is 212 Å². The summed E-state index contributed by atoms with van der Waals surface area (Å²) in [5, 5.41) is 21.8. The molecule has 0 aliphatic rings. The van der Waals surface area contributed by atoms with Crippen LogP contribution in [-0.2, 0) is 33.5 Å². The highest BCUT2D eigenvalue weighted by molar-refractivity contribution is 8.68. The maximum atomic E-state index is 11.2. The van der Waals surface area contributed by atoms with Crippen LogP contribution in [0.15, 0.2) is 24.3 Å². The summed E-state index contributed by atoms with van der Waals surface area (Å²) in [5.74, 6) is 0.692. The second-order valence-electron chi connectivity index (χ2n) is 13.4. The van der Waals surface area contributed by atoms with Crippen molar-refractivity contribution in [2.75, 3.05) is 0 Å². The lowest BCUT2D eigenvalue weighted by atomic mass is 9.79. The van der Waals surface area contributed by atoms with E-state index >= 15 is 0 Å². The van der Waals surface area contributed by atoms with Gasteiger partial charge in [0.1, 0.15) is 11.5 Å². The fourth-order valence-electron chi connectivity index (χ4n) is 4.02. The Morgan fingerprint density at radius 3 is 0.879 bits per heavy atom. The zero-order chi connectivity index (χ0) is 25.9. The van der Waals surface area contributed by atoms with Gasteiger partial charge in [0.2, 0.25) is 0 Å². The van der Waals surface area contributed by atoms with Crippen molar-refractivity contribution in [1.29, 1.82) is 0 Å². The van der Waals surface area contributed by atoms with E-state index in [0.717, 1.165) is 32.9 Å². The maximum Gasteiger partial charge on any atom is 0.123 e. The number of hydrogen-bond donors (Lipinski definition) is 3. The molecule has 0 atom stereocenters. The Hall–Kier alpha value is -0.960. The normalized spacial score (nSPS) is 14.0. The molecule has 0 aliphatic heterocycles. The zero-order valence-electron chi connectivity index (χ0n) is 22.5. The average molecular weight is 507 g/mol. The van der Waals surface area contributed by atoms with E-state index in [-0.39, 0.29) is 21.7 Å². The van der Waals surface area contributed by atoms with Gasteiger partial charge in [-0.15, -0.1) is 12.2 Å². The van der Waals surface area contributed by atoms with Crippen LogP contribution in [0.2, 0.25) is 0 Å². The third-order valence-electron chi connectivity index (χ3n) is 6.12. The van der Waals surface area contributed by atoms with E-state index in [1.807, 2.05) is 0 Å². The Morgan fingerprint density at radius 2 is 0.727 bits per heavy atom. The fraction of sp³-hybridized carbons (Fsp3) is 0.571. The van der Waals surface area contributed by atoms with Gasteiger partial charge in [-0.3, -0.25) is 0 Å². The summed E-state index contributed by atoms with van der Waals surface area (Å²) < 4.78 is 0. The minimum Gasteiger partial charge on any atom is -0.507 e. The molecule has 5 heteroatoms. The highest BCUT2D eigenvalue weighted by Gasteiger charge is 2.33. The number of aromatic hydroxyl groups is 2. The molecule has 0 fully saturated rings. The van der Waals surface area contributed by atoms with Gasteiger partial charge in [0, 0.05) is 22.3 Å². The van der Waals surface area contributed by atoms with Crippen molar-refractivity contribution in [2.45, 2.75) is 105 Å². The molecule has 0 aromatic heterocycles. The Balaban J connectivity index is 2.97. The van der Waals surface area contributed by atoms with Crippen LogP contribution in [0, 0.1) is 0 Å². The van der Waals surface area contributed by atoms with Crippen LogP contribution in [0.5, 0.6) is 11.5 Å². The fourth-order valence-corrected chi connectivity index (χ4v) is 6.86. The Bertz CT molecular complexity index is 949. The van der Waals surface area contributed by atoms with Crippen LogP contribution < -0.4 is 10.6 Å². The summed E-state index contributed by atoms with van der Waals surface area (Å²) in [4.78, 5) is 0. The zero-order valence-corrected chi connectivity index (χ0v) is 25.1. The molecule has 2 rings (SSSR count). The molecule has 33 heavy (non-hydrogen) atoms. The van der Waals surface area contributed by atoms with Crippen molar-refractivity contribution in [3.05, 3.63) is 46.5 Å². The number of benzene rings is 2. The lowest BCUT2D eigenvalue weighted by Crippen LogP contribution is -2.25. The quantitative estimate of drug-likeness (QED) is 0.291. The van der Waals surface area contributed by atoms with E-state index in [1.54, 1.807) is 0 Å². The molecule has 0 bridgehead atoms. The van der Waals surface area contributed by atoms with E-state index in [1.165, 1.54) is 0 Å². The molecule has 2 aromatic rings. The van der Waals surface area contributed by atoms with Crippen LogP contribution in [-0.4, -0.2) is 10.2 Å². The third kappa shape index (κ3) is 5.82. The number of phenolic OH excluding ortho intramolecular Hbond substituents is 2. The van der Waals surface area contributed by atoms with Crippen LogP contribution in [0.25, 0.3) is 0 Å². The molecule has 0 heterocycles. The Kier molecular flexibility index (Phi) is 7.38. The largest absolute Gasteiger partial charge is 0.507 e. The van der Waals surface area contributed by atoms with Crippen molar-refractivity contribution in [1.82, 2.24) is 0 Å². The van der Waals surface area contributed by atoms with E-state index in [0.29, 0.717) is 11.5 Å². The smallest absolute Gasteiger partial charge is 0.123 e. The van der Waals surface area contributed by atoms with E-state index in [4.69, 9.17) is 24.1 Å². The molecule has 0 aliphatic carbocycles. The number of rotatable bonds is 2. The molecule has 2 nitrogen and oxygen atoms in total. The van der Waals surface area contributed by atoms with Gasteiger partial charge in [0.15, 0.2) is 0 Å². The molecule has 184 valence electrons. The highest BCUT2D eigenvalue weighted by atomic mass is 32.9. The predicted octanol–water partition coefficient (Wildman–Crippen LogP) is 7.56. The highest BCUT2D eigenvalue weighted by Crippen LogP contribution is 2.53. The lowest BCUT2D eigenvalue weighted by molar-refractivity contribution is 0.423. The number of hydrogen-bond acceptors (Lipinski definition) is 3. The molecular formula is C28H43O2PS2. The SMILES string of the molecule is CC(C)(C)c1cc(P(=S)(S)c2cc(C(C)(C)C)c(O)c(C(C)(C)C)c2)cc(C(C)(C)C)c1O. The van der Waals surface area contributed by atoms with Gasteiger partial charge < -0.3 is 10.2 Å². The summed E-state index contributed by atoms with van der Waals surface area (Å²) in [6, 6.07) is 8.22. The molecule has 0 amide bonds. The molecule has 0 spiro atoms. The van der Waals surface area contributed by atoms with Gasteiger partial charge in [-0.2, -0.15) is 0 Å². The van der Waals surface area contributed by atoms with Crippen molar-refractivity contribution >= 4 is 39.9 Å². The van der Waals surface area contributed by atoms with Crippen molar-refractivity contribution < 1.29 is 10.2 Å². The van der Waals surface area contributed by atoms with E-state index in [9.17, 15) is 10.2 Å². The summed E-state index contributed by atoms with van der Waals surface area (Å²) in [6.07, 6.45) is 0. The van der Waals surface area contributed by atoms with Crippen LogP contribution in [0.3, 0.4) is 0 Å². The van der Waals surface area contributed by atoms with E-state index < -0.39 is 5.24 Å². The first-order chi connectivity index (χ1) is 14.5. The topological polar surface area (TPSA) is 40.5 Å². The first-order valence-corrected chi connectivity index (χ1v) is 15.5. The predicted molar refractivity (Wildman–Crippen MR) is 154 cm³/mol. The molecule has 0 saturated carbocycles. The molecular weight excluding hydrogens is 463 g/mol. The van der Waals surface area contributed by atoms with Gasteiger partial charge in [-0.05, 0) is 56.5 Å². The first-order valence-electron chi connectivity index (χ1n) is 11.6. The summed E-state index contributed by atoms with van der Waals surface area (Å²) in [7, 11) is 0.